The van der Waals surface area contributed by atoms with E-state index in [1.165, 1.54) is 17.4 Å². The predicted octanol–water partition coefficient (Wildman–Crippen LogP) is 2.43. The molecule has 0 aromatic carbocycles. The molecule has 0 bridgehead atoms. The molecule has 3 N–H and O–H groups in total. The standard InChI is InChI=1S/C14H19N3O4S3/c1-4-10-9(3)15-14(23-10)16-13(19)17-24(20,21)12-7-8(2)11(22-12)5-6-18/h7,18H,4-6H2,1-3H3,(H2,15,16,17,19). The minimum atomic E-state index is -3.96. The van der Waals surface area contributed by atoms with Gasteiger partial charge in [-0.05, 0) is 31.9 Å². The maximum atomic E-state index is 12.3. The first kappa shape index (κ1) is 18.8. The Kier molecular flexibility index (Phi) is 5.97. The summed E-state index contributed by atoms with van der Waals surface area (Å²) in [6.07, 6.45) is 1.18. The molecule has 0 atom stereocenters. The van der Waals surface area contributed by atoms with Crippen LogP contribution in [-0.2, 0) is 22.9 Å². The second-order valence-electron chi connectivity index (χ2n) is 5.09. The number of carbonyl (C=O) groups is 1. The summed E-state index contributed by atoms with van der Waals surface area (Å²) in [7, 11) is -3.96. The van der Waals surface area contributed by atoms with Crippen molar-refractivity contribution in [2.45, 2.75) is 37.8 Å². The van der Waals surface area contributed by atoms with Crippen molar-refractivity contribution >= 4 is 43.9 Å². The van der Waals surface area contributed by atoms with E-state index in [0.717, 1.165) is 38.8 Å². The third-order valence-electron chi connectivity index (χ3n) is 3.26. The molecule has 0 aliphatic carbocycles. The Morgan fingerprint density at radius 2 is 2.00 bits per heavy atom. The van der Waals surface area contributed by atoms with Gasteiger partial charge in [-0.3, -0.25) is 5.32 Å². The summed E-state index contributed by atoms with van der Waals surface area (Å²) in [5, 5.41) is 11.8. The maximum Gasteiger partial charge on any atom is 0.334 e. The van der Waals surface area contributed by atoms with E-state index in [9.17, 15) is 13.2 Å². The SMILES string of the molecule is CCc1sc(NC(=O)NS(=O)(=O)c2cc(C)c(CCO)s2)nc1C. The molecule has 2 aromatic heterocycles. The zero-order chi connectivity index (χ0) is 17.9. The molecule has 7 nitrogen and oxygen atoms in total. The van der Waals surface area contributed by atoms with Crippen LogP contribution in [0.4, 0.5) is 9.93 Å². The summed E-state index contributed by atoms with van der Waals surface area (Å²) >= 11 is 2.37. The van der Waals surface area contributed by atoms with Crippen molar-refractivity contribution < 1.29 is 18.3 Å². The number of thiazole rings is 1. The van der Waals surface area contributed by atoms with E-state index in [1.807, 2.05) is 18.6 Å². The Hall–Kier alpha value is -1.49. The van der Waals surface area contributed by atoms with Gasteiger partial charge in [-0.15, -0.1) is 22.7 Å². The van der Waals surface area contributed by atoms with Crippen molar-refractivity contribution in [3.05, 3.63) is 27.1 Å². The number of thiophene rings is 1. The van der Waals surface area contributed by atoms with Crippen LogP contribution < -0.4 is 10.0 Å². The van der Waals surface area contributed by atoms with Gasteiger partial charge in [0.1, 0.15) is 4.21 Å². The van der Waals surface area contributed by atoms with Crippen LogP contribution >= 0.6 is 22.7 Å². The van der Waals surface area contributed by atoms with Gasteiger partial charge in [0.15, 0.2) is 5.13 Å². The Labute approximate surface area is 148 Å². The molecule has 24 heavy (non-hydrogen) atoms. The number of aryl methyl sites for hydroxylation is 3. The van der Waals surface area contributed by atoms with Gasteiger partial charge in [0.05, 0.1) is 5.69 Å². The first-order valence-electron chi connectivity index (χ1n) is 7.27. The number of hydrogen-bond donors (Lipinski definition) is 3. The first-order valence-corrected chi connectivity index (χ1v) is 10.4. The average Bonchev–Trinajstić information content (AvgIpc) is 3.02. The number of aliphatic hydroxyl groups is 1. The summed E-state index contributed by atoms with van der Waals surface area (Å²) in [6.45, 7) is 5.54. The molecule has 2 rings (SSSR count). The lowest BCUT2D eigenvalue weighted by Gasteiger charge is -2.04. The molecule has 0 radical (unpaired) electrons. The summed E-state index contributed by atoms with van der Waals surface area (Å²) in [5.41, 5.74) is 1.60. The lowest BCUT2D eigenvalue weighted by atomic mass is 10.2. The summed E-state index contributed by atoms with van der Waals surface area (Å²) in [4.78, 5) is 18.0. The smallest absolute Gasteiger partial charge is 0.334 e. The predicted molar refractivity (Wildman–Crippen MR) is 95.4 cm³/mol. The lowest BCUT2D eigenvalue weighted by Crippen LogP contribution is -2.33. The molecule has 0 aliphatic heterocycles. The Morgan fingerprint density at radius 1 is 1.29 bits per heavy atom. The largest absolute Gasteiger partial charge is 0.396 e. The summed E-state index contributed by atoms with van der Waals surface area (Å²) in [6, 6.07) is 0.648. The summed E-state index contributed by atoms with van der Waals surface area (Å²) < 4.78 is 26.6. The minimum absolute atomic E-state index is 0.0446. The summed E-state index contributed by atoms with van der Waals surface area (Å²) in [5.74, 6) is 0. The lowest BCUT2D eigenvalue weighted by molar-refractivity contribution is 0.256. The molecule has 0 fully saturated rings. The van der Waals surface area contributed by atoms with Gasteiger partial charge < -0.3 is 5.11 Å². The number of rotatable bonds is 6. The highest BCUT2D eigenvalue weighted by Crippen LogP contribution is 2.26. The van der Waals surface area contributed by atoms with Crippen LogP contribution in [-0.4, -0.2) is 31.1 Å². The van der Waals surface area contributed by atoms with Gasteiger partial charge in [-0.25, -0.2) is 22.9 Å². The van der Waals surface area contributed by atoms with Crippen LogP contribution in [0.15, 0.2) is 10.3 Å². The Balaban J connectivity index is 2.10. The van der Waals surface area contributed by atoms with Crippen molar-refractivity contribution in [2.75, 3.05) is 11.9 Å². The molecule has 2 heterocycles. The van der Waals surface area contributed by atoms with E-state index < -0.39 is 16.1 Å². The normalized spacial score (nSPS) is 11.5. The number of aromatic nitrogens is 1. The zero-order valence-corrected chi connectivity index (χ0v) is 16.0. The number of hydrogen-bond acceptors (Lipinski definition) is 7. The maximum absolute atomic E-state index is 12.3. The Morgan fingerprint density at radius 3 is 2.58 bits per heavy atom. The van der Waals surface area contributed by atoms with Crippen LogP contribution in [0, 0.1) is 13.8 Å². The number of nitrogens with zero attached hydrogens (tertiary/aromatic N) is 1. The second-order valence-corrected chi connectivity index (χ2v) is 9.22. The molecule has 0 aliphatic rings. The highest BCUT2D eigenvalue weighted by atomic mass is 32.2. The molecule has 0 unspecified atom stereocenters. The fraction of sp³-hybridized carbons (Fsp3) is 0.429. The number of carbonyl (C=O) groups excluding carboxylic acids is 1. The van der Waals surface area contributed by atoms with Gasteiger partial charge >= 0.3 is 6.03 Å². The van der Waals surface area contributed by atoms with Crippen molar-refractivity contribution in [2.24, 2.45) is 0 Å². The number of amides is 2. The number of aliphatic hydroxyl groups excluding tert-OH is 1. The number of urea groups is 1. The van der Waals surface area contributed by atoms with E-state index >= 15 is 0 Å². The zero-order valence-electron chi connectivity index (χ0n) is 13.5. The molecular formula is C14H19N3O4S3. The first-order chi connectivity index (χ1) is 11.3. The van der Waals surface area contributed by atoms with Gasteiger partial charge in [-0.2, -0.15) is 0 Å². The van der Waals surface area contributed by atoms with Gasteiger partial charge in [0, 0.05) is 22.8 Å². The van der Waals surface area contributed by atoms with Gasteiger partial charge in [0.25, 0.3) is 10.0 Å². The molecule has 0 spiro atoms. The molecule has 2 amide bonds. The second kappa shape index (κ2) is 7.60. The van der Waals surface area contributed by atoms with Crippen LogP contribution in [0.2, 0.25) is 0 Å². The molecule has 132 valence electrons. The molecule has 0 saturated carbocycles. The van der Waals surface area contributed by atoms with Crippen molar-refractivity contribution in [1.82, 2.24) is 9.71 Å². The Bertz CT molecular complexity index is 840. The molecule has 2 aromatic rings. The topological polar surface area (TPSA) is 108 Å². The monoisotopic (exact) mass is 389 g/mol. The number of anilines is 1. The molecule has 10 heteroatoms. The van der Waals surface area contributed by atoms with E-state index in [2.05, 4.69) is 10.3 Å². The number of nitrogens with one attached hydrogen (secondary N) is 2. The highest BCUT2D eigenvalue weighted by molar-refractivity contribution is 7.92. The van der Waals surface area contributed by atoms with E-state index in [1.54, 1.807) is 6.92 Å². The minimum Gasteiger partial charge on any atom is -0.396 e. The molecular weight excluding hydrogens is 370 g/mol. The fourth-order valence-electron chi connectivity index (χ4n) is 2.08. The quantitative estimate of drug-likeness (QED) is 0.703. The van der Waals surface area contributed by atoms with Gasteiger partial charge in [0.2, 0.25) is 0 Å². The van der Waals surface area contributed by atoms with Crippen molar-refractivity contribution in [3.8, 4) is 0 Å². The average molecular weight is 390 g/mol. The van der Waals surface area contributed by atoms with Crippen molar-refractivity contribution in [3.63, 3.8) is 0 Å². The fourth-order valence-corrected chi connectivity index (χ4v) is 5.46. The molecule has 0 saturated heterocycles. The van der Waals surface area contributed by atoms with Crippen molar-refractivity contribution in [1.29, 1.82) is 0 Å². The van der Waals surface area contributed by atoms with Crippen LogP contribution in [0.5, 0.6) is 0 Å². The van der Waals surface area contributed by atoms with Crippen LogP contribution in [0.25, 0.3) is 0 Å². The van der Waals surface area contributed by atoms with E-state index in [-0.39, 0.29) is 10.8 Å². The van der Waals surface area contributed by atoms with E-state index in [0.29, 0.717) is 11.6 Å². The third kappa shape index (κ3) is 4.32. The van der Waals surface area contributed by atoms with Crippen LogP contribution in [0.3, 0.4) is 0 Å². The number of sulfonamides is 1. The third-order valence-corrected chi connectivity index (χ3v) is 7.58. The van der Waals surface area contributed by atoms with Crippen LogP contribution in [0.1, 0.15) is 27.9 Å². The van der Waals surface area contributed by atoms with Gasteiger partial charge in [-0.1, -0.05) is 6.92 Å². The van der Waals surface area contributed by atoms with E-state index in [4.69, 9.17) is 5.11 Å². The highest BCUT2D eigenvalue weighted by Gasteiger charge is 2.22.